The van der Waals surface area contributed by atoms with Crippen molar-refractivity contribution in [3.05, 3.63) is 12.2 Å². The van der Waals surface area contributed by atoms with E-state index in [0.717, 1.165) is 6.42 Å². The smallest absolute Gasteiger partial charge is 0.408 e. The van der Waals surface area contributed by atoms with Crippen molar-refractivity contribution in [3.8, 4) is 0 Å². The van der Waals surface area contributed by atoms with Crippen molar-refractivity contribution in [1.82, 2.24) is 5.32 Å². The summed E-state index contributed by atoms with van der Waals surface area (Å²) in [6, 6.07) is -0.214. The van der Waals surface area contributed by atoms with Crippen molar-refractivity contribution in [2.24, 2.45) is 5.92 Å². The number of ether oxygens (including phenoxy) is 1. The Labute approximate surface area is 115 Å². The molecule has 0 aromatic heterocycles. The fourth-order valence-corrected chi connectivity index (χ4v) is 1.49. The van der Waals surface area contributed by atoms with Gasteiger partial charge in [0.05, 0.1) is 12.5 Å². The molecule has 0 saturated carbocycles. The van der Waals surface area contributed by atoms with E-state index in [9.17, 15) is 9.59 Å². The molecule has 19 heavy (non-hydrogen) atoms. The van der Waals surface area contributed by atoms with Gasteiger partial charge in [-0.3, -0.25) is 4.79 Å². The Balaban J connectivity index is 4.46. The van der Waals surface area contributed by atoms with Gasteiger partial charge in [0, 0.05) is 0 Å². The van der Waals surface area contributed by atoms with Gasteiger partial charge in [-0.15, -0.1) is 0 Å². The summed E-state index contributed by atoms with van der Waals surface area (Å²) < 4.78 is 5.18. The highest BCUT2D eigenvalue weighted by atomic mass is 16.6. The largest absolute Gasteiger partial charge is 0.481 e. The van der Waals surface area contributed by atoms with Crippen LogP contribution in [-0.4, -0.2) is 28.8 Å². The molecule has 0 spiro atoms. The lowest BCUT2D eigenvalue weighted by atomic mass is 10.0. The van der Waals surface area contributed by atoms with Crippen LogP contribution in [0, 0.1) is 5.92 Å². The molecule has 2 N–H and O–H groups in total. The number of rotatable bonds is 6. The number of aliphatic carboxylic acids is 1. The molecule has 0 radical (unpaired) electrons. The van der Waals surface area contributed by atoms with Crippen molar-refractivity contribution in [1.29, 1.82) is 0 Å². The van der Waals surface area contributed by atoms with E-state index in [-0.39, 0.29) is 12.5 Å². The van der Waals surface area contributed by atoms with Crippen molar-refractivity contribution >= 4 is 12.1 Å². The molecule has 1 atom stereocenters. The first-order valence-corrected chi connectivity index (χ1v) is 6.48. The fourth-order valence-electron chi connectivity index (χ4n) is 1.49. The maximum Gasteiger partial charge on any atom is 0.408 e. The van der Waals surface area contributed by atoms with Gasteiger partial charge in [0.1, 0.15) is 5.60 Å². The lowest BCUT2D eigenvalue weighted by Crippen LogP contribution is -2.38. The second-order valence-electron chi connectivity index (χ2n) is 5.91. The number of carbonyl (C=O) groups excluding carboxylic acids is 1. The van der Waals surface area contributed by atoms with E-state index in [2.05, 4.69) is 5.32 Å². The molecule has 0 bridgehead atoms. The minimum atomic E-state index is -0.892. The van der Waals surface area contributed by atoms with Crippen LogP contribution in [0.1, 0.15) is 47.5 Å². The summed E-state index contributed by atoms with van der Waals surface area (Å²) >= 11 is 0. The Morgan fingerprint density at radius 2 is 1.89 bits per heavy atom. The molecule has 110 valence electrons. The van der Waals surface area contributed by atoms with E-state index < -0.39 is 17.7 Å². The summed E-state index contributed by atoms with van der Waals surface area (Å²) in [6.45, 7) is 9.46. The van der Waals surface area contributed by atoms with Gasteiger partial charge in [-0.05, 0) is 33.1 Å². The second-order valence-corrected chi connectivity index (χ2v) is 5.91. The molecular formula is C14H25NO4. The Kier molecular flexibility index (Phi) is 7.19. The Morgan fingerprint density at radius 3 is 2.32 bits per heavy atom. The molecule has 0 aliphatic heterocycles. The number of carbonyl (C=O) groups is 2. The van der Waals surface area contributed by atoms with Crippen LogP contribution in [0.2, 0.25) is 0 Å². The molecule has 5 heteroatoms. The zero-order chi connectivity index (χ0) is 15.1. The van der Waals surface area contributed by atoms with Crippen molar-refractivity contribution in [2.45, 2.75) is 59.1 Å². The molecule has 0 heterocycles. The number of amides is 1. The number of hydrogen-bond donors (Lipinski definition) is 2. The van der Waals surface area contributed by atoms with Gasteiger partial charge >= 0.3 is 12.1 Å². The maximum atomic E-state index is 11.7. The van der Waals surface area contributed by atoms with Crippen LogP contribution in [0.25, 0.3) is 0 Å². The monoisotopic (exact) mass is 271 g/mol. The third kappa shape index (κ3) is 11.3. The number of hydrogen-bond acceptors (Lipinski definition) is 3. The van der Waals surface area contributed by atoms with Crippen LogP contribution in [0.4, 0.5) is 4.79 Å². The Hall–Kier alpha value is -1.52. The van der Waals surface area contributed by atoms with Crippen LogP contribution in [0.3, 0.4) is 0 Å². The Bertz CT molecular complexity index is 329. The van der Waals surface area contributed by atoms with E-state index >= 15 is 0 Å². The fraction of sp³-hybridized carbons (Fsp3) is 0.714. The molecule has 1 amide bonds. The van der Waals surface area contributed by atoms with Crippen LogP contribution in [0.15, 0.2) is 12.2 Å². The molecule has 0 saturated heterocycles. The molecule has 1 unspecified atom stereocenters. The zero-order valence-corrected chi connectivity index (χ0v) is 12.4. The summed E-state index contributed by atoms with van der Waals surface area (Å²) in [6.07, 6.45) is 3.45. The second kappa shape index (κ2) is 7.81. The third-order valence-electron chi connectivity index (χ3n) is 2.09. The van der Waals surface area contributed by atoms with Gasteiger partial charge in [-0.2, -0.15) is 0 Å². The van der Waals surface area contributed by atoms with Gasteiger partial charge in [0.25, 0.3) is 0 Å². The first-order valence-electron chi connectivity index (χ1n) is 6.48. The third-order valence-corrected chi connectivity index (χ3v) is 2.09. The van der Waals surface area contributed by atoms with Gasteiger partial charge in [0.15, 0.2) is 0 Å². The molecule has 0 aromatic rings. The molecule has 0 aliphatic carbocycles. The first-order chi connectivity index (χ1) is 8.60. The average molecular weight is 271 g/mol. The lowest BCUT2D eigenvalue weighted by molar-refractivity contribution is -0.136. The minimum Gasteiger partial charge on any atom is -0.481 e. The van der Waals surface area contributed by atoms with Crippen molar-refractivity contribution in [2.75, 3.05) is 0 Å². The van der Waals surface area contributed by atoms with Crippen LogP contribution in [0.5, 0.6) is 0 Å². The van der Waals surface area contributed by atoms with E-state index in [1.807, 2.05) is 13.8 Å². The van der Waals surface area contributed by atoms with E-state index in [1.165, 1.54) is 0 Å². The number of carboxylic acids is 1. The Morgan fingerprint density at radius 1 is 1.32 bits per heavy atom. The van der Waals surface area contributed by atoms with E-state index in [4.69, 9.17) is 9.84 Å². The lowest BCUT2D eigenvalue weighted by Gasteiger charge is -2.23. The quantitative estimate of drug-likeness (QED) is 0.728. The standard InChI is InChI=1S/C14H25NO4/c1-10(2)9-11(7-6-8-12(16)17)15-13(18)19-14(3,4)5/h6-7,10-11H,8-9H2,1-5H3,(H,15,18)(H,16,17)/b7-6-. The van der Waals surface area contributed by atoms with Crippen LogP contribution < -0.4 is 5.32 Å². The number of nitrogens with one attached hydrogen (secondary N) is 1. The highest BCUT2D eigenvalue weighted by molar-refractivity contribution is 5.69. The van der Waals surface area contributed by atoms with E-state index in [1.54, 1.807) is 32.9 Å². The van der Waals surface area contributed by atoms with E-state index in [0.29, 0.717) is 5.92 Å². The summed E-state index contributed by atoms with van der Waals surface area (Å²) in [5, 5.41) is 11.3. The predicted octanol–water partition coefficient (Wildman–Crippen LogP) is 2.96. The SMILES string of the molecule is CC(C)CC(/C=C\CC(=O)O)NC(=O)OC(C)(C)C. The summed E-state index contributed by atoms with van der Waals surface area (Å²) in [5.74, 6) is -0.508. The van der Waals surface area contributed by atoms with Crippen molar-refractivity contribution < 1.29 is 19.4 Å². The summed E-state index contributed by atoms with van der Waals surface area (Å²) in [4.78, 5) is 22.1. The highest BCUT2D eigenvalue weighted by Crippen LogP contribution is 2.10. The molecule has 0 rings (SSSR count). The van der Waals surface area contributed by atoms with Gasteiger partial charge in [-0.25, -0.2) is 4.79 Å². The van der Waals surface area contributed by atoms with Crippen LogP contribution >= 0.6 is 0 Å². The van der Waals surface area contributed by atoms with Gasteiger partial charge < -0.3 is 15.2 Å². The number of alkyl carbamates (subject to hydrolysis) is 1. The normalized spacial score (nSPS) is 13.6. The predicted molar refractivity (Wildman–Crippen MR) is 74.0 cm³/mol. The summed E-state index contributed by atoms with van der Waals surface area (Å²) in [7, 11) is 0. The van der Waals surface area contributed by atoms with Gasteiger partial charge in [-0.1, -0.05) is 26.0 Å². The molecule has 0 aromatic carbocycles. The molecule has 0 fully saturated rings. The minimum absolute atomic E-state index is 0.0510. The van der Waals surface area contributed by atoms with Crippen LogP contribution in [-0.2, 0) is 9.53 Å². The first kappa shape index (κ1) is 17.5. The molecular weight excluding hydrogens is 246 g/mol. The molecule has 0 aliphatic rings. The summed E-state index contributed by atoms with van der Waals surface area (Å²) in [5.41, 5.74) is -0.544. The maximum absolute atomic E-state index is 11.7. The molecule has 5 nitrogen and oxygen atoms in total. The number of carboxylic acid groups (broad SMARTS) is 1. The highest BCUT2D eigenvalue weighted by Gasteiger charge is 2.18. The topological polar surface area (TPSA) is 75.6 Å². The zero-order valence-electron chi connectivity index (χ0n) is 12.4. The van der Waals surface area contributed by atoms with Crippen molar-refractivity contribution in [3.63, 3.8) is 0 Å². The van der Waals surface area contributed by atoms with Gasteiger partial charge in [0.2, 0.25) is 0 Å². The average Bonchev–Trinajstić information content (AvgIpc) is 2.11.